The van der Waals surface area contributed by atoms with Gasteiger partial charge >= 0.3 is 0 Å². The molecule has 1 aliphatic rings. The quantitative estimate of drug-likeness (QED) is 0.678. The summed E-state index contributed by atoms with van der Waals surface area (Å²) in [5.74, 6) is 0.524. The third-order valence-corrected chi connectivity index (χ3v) is 4.68. The molecule has 1 aromatic carbocycles. The van der Waals surface area contributed by atoms with Crippen LogP contribution in [0.4, 0.5) is 11.4 Å². The molecule has 0 aliphatic carbocycles. The molecular formula is C22H20N4O4. The van der Waals surface area contributed by atoms with Crippen LogP contribution in [0.25, 0.3) is 11.1 Å². The molecule has 2 N–H and O–H groups in total. The first kappa shape index (κ1) is 19.4. The number of nitrogens with one attached hydrogen (secondary N) is 2. The summed E-state index contributed by atoms with van der Waals surface area (Å²) >= 11 is 0. The molecule has 1 aliphatic heterocycles. The Hall–Kier alpha value is -3.94. The molecule has 0 saturated carbocycles. The number of rotatable bonds is 5. The van der Waals surface area contributed by atoms with Crippen molar-refractivity contribution >= 4 is 23.2 Å². The van der Waals surface area contributed by atoms with Crippen molar-refractivity contribution in [2.24, 2.45) is 0 Å². The van der Waals surface area contributed by atoms with E-state index in [2.05, 4.69) is 20.6 Å². The Kier molecular flexibility index (Phi) is 5.30. The molecule has 0 bridgehead atoms. The highest BCUT2D eigenvalue weighted by Crippen LogP contribution is 2.35. The number of fused-ring (bicyclic) bond motifs is 1. The third kappa shape index (κ3) is 4.07. The van der Waals surface area contributed by atoms with Crippen molar-refractivity contribution in [1.29, 1.82) is 0 Å². The normalized spacial score (nSPS) is 14.4. The molecule has 0 radical (unpaired) electrons. The Morgan fingerprint density at radius 3 is 2.47 bits per heavy atom. The van der Waals surface area contributed by atoms with Gasteiger partial charge in [-0.15, -0.1) is 0 Å². The molecule has 3 aromatic rings. The Bertz CT molecular complexity index is 1080. The largest absolute Gasteiger partial charge is 0.481 e. The van der Waals surface area contributed by atoms with Crippen LogP contribution in [0.3, 0.4) is 0 Å². The first-order chi connectivity index (χ1) is 14.5. The summed E-state index contributed by atoms with van der Waals surface area (Å²) in [6.07, 6.45) is 2.90. The zero-order chi connectivity index (χ0) is 21.1. The fourth-order valence-corrected chi connectivity index (χ4v) is 3.28. The number of amides is 2. The first-order valence-electron chi connectivity index (χ1n) is 9.37. The summed E-state index contributed by atoms with van der Waals surface area (Å²) in [6, 6.07) is 12.8. The number of hydrogen-bond acceptors (Lipinski definition) is 6. The highest BCUT2D eigenvalue weighted by atomic mass is 16.5. The van der Waals surface area contributed by atoms with Gasteiger partial charge in [0.25, 0.3) is 5.91 Å². The standard InChI is InChI=1S/C22H20N4O4/c1-13(27)25-15-5-3-14(4-6-15)17-9-10-23-22-18(17)11-19(30-22)21(28)26-16-7-8-20(29-2)24-12-16/h3-10,12,19H,11H2,1-2H3,(H,25,27)(H,26,28). The predicted octanol–water partition coefficient (Wildman–Crippen LogP) is 3.05. The molecule has 0 spiro atoms. The minimum atomic E-state index is -0.686. The molecule has 3 heterocycles. The van der Waals surface area contributed by atoms with Gasteiger partial charge < -0.3 is 20.1 Å². The third-order valence-electron chi connectivity index (χ3n) is 4.68. The van der Waals surface area contributed by atoms with Crippen molar-refractivity contribution in [3.05, 3.63) is 60.4 Å². The summed E-state index contributed by atoms with van der Waals surface area (Å²) in [7, 11) is 1.53. The predicted molar refractivity (Wildman–Crippen MR) is 112 cm³/mol. The van der Waals surface area contributed by atoms with Crippen LogP contribution in [0.2, 0.25) is 0 Å². The number of aromatic nitrogens is 2. The summed E-state index contributed by atoms with van der Waals surface area (Å²) < 4.78 is 10.8. The van der Waals surface area contributed by atoms with Crippen molar-refractivity contribution in [3.8, 4) is 22.9 Å². The number of pyridine rings is 2. The maximum absolute atomic E-state index is 12.7. The average Bonchev–Trinajstić information content (AvgIpc) is 3.19. The lowest BCUT2D eigenvalue weighted by molar-refractivity contribution is -0.122. The lowest BCUT2D eigenvalue weighted by Crippen LogP contribution is -2.31. The molecule has 0 saturated heterocycles. The fraction of sp³-hybridized carbons (Fsp3) is 0.182. The van der Waals surface area contributed by atoms with Crippen molar-refractivity contribution in [2.45, 2.75) is 19.4 Å². The second-order valence-electron chi connectivity index (χ2n) is 6.79. The molecule has 2 aromatic heterocycles. The van der Waals surface area contributed by atoms with Gasteiger partial charge in [-0.2, -0.15) is 0 Å². The van der Waals surface area contributed by atoms with E-state index in [0.717, 1.165) is 22.4 Å². The van der Waals surface area contributed by atoms with Crippen LogP contribution in [-0.4, -0.2) is 35.0 Å². The van der Waals surface area contributed by atoms with Crippen molar-refractivity contribution in [1.82, 2.24) is 9.97 Å². The molecule has 4 rings (SSSR count). The topological polar surface area (TPSA) is 102 Å². The summed E-state index contributed by atoms with van der Waals surface area (Å²) in [6.45, 7) is 1.47. The van der Waals surface area contributed by atoms with Crippen LogP contribution in [0.5, 0.6) is 11.8 Å². The smallest absolute Gasteiger partial charge is 0.265 e. The molecule has 1 atom stereocenters. The number of methoxy groups -OCH3 is 1. The number of benzene rings is 1. The van der Waals surface area contributed by atoms with Crippen molar-refractivity contribution in [3.63, 3.8) is 0 Å². The highest BCUT2D eigenvalue weighted by Gasteiger charge is 2.32. The van der Waals surface area contributed by atoms with E-state index in [1.54, 1.807) is 18.3 Å². The van der Waals surface area contributed by atoms with Crippen LogP contribution in [-0.2, 0) is 16.0 Å². The number of anilines is 2. The number of carbonyl (C=O) groups is 2. The number of carbonyl (C=O) groups excluding carboxylic acids is 2. The Morgan fingerprint density at radius 2 is 1.80 bits per heavy atom. The summed E-state index contributed by atoms with van der Waals surface area (Å²) in [4.78, 5) is 32.2. The summed E-state index contributed by atoms with van der Waals surface area (Å²) in [5, 5.41) is 5.55. The Balaban J connectivity index is 1.50. The van der Waals surface area contributed by atoms with Gasteiger partial charge in [0.05, 0.1) is 19.0 Å². The van der Waals surface area contributed by atoms with Gasteiger partial charge in [0, 0.05) is 36.9 Å². The molecular weight excluding hydrogens is 384 g/mol. The summed E-state index contributed by atoms with van der Waals surface area (Å²) in [5.41, 5.74) is 4.04. The lowest BCUT2D eigenvalue weighted by Gasteiger charge is -2.10. The van der Waals surface area contributed by atoms with E-state index < -0.39 is 6.10 Å². The SMILES string of the molecule is COc1ccc(NC(=O)C2Cc3c(-c4ccc(NC(C)=O)cc4)ccnc3O2)cn1. The van der Waals surface area contributed by atoms with E-state index in [1.807, 2.05) is 30.3 Å². The van der Waals surface area contributed by atoms with Crippen LogP contribution < -0.4 is 20.1 Å². The highest BCUT2D eigenvalue weighted by molar-refractivity contribution is 5.95. The van der Waals surface area contributed by atoms with Crippen LogP contribution >= 0.6 is 0 Å². The average molecular weight is 404 g/mol. The van der Waals surface area contributed by atoms with Gasteiger partial charge in [-0.3, -0.25) is 9.59 Å². The zero-order valence-corrected chi connectivity index (χ0v) is 16.5. The van der Waals surface area contributed by atoms with Crippen molar-refractivity contribution < 1.29 is 19.1 Å². The van der Waals surface area contributed by atoms with Gasteiger partial charge in [0.15, 0.2) is 6.10 Å². The number of ether oxygens (including phenoxy) is 2. The minimum Gasteiger partial charge on any atom is -0.481 e. The van der Waals surface area contributed by atoms with E-state index >= 15 is 0 Å². The van der Waals surface area contributed by atoms with E-state index in [4.69, 9.17) is 9.47 Å². The zero-order valence-electron chi connectivity index (χ0n) is 16.5. The van der Waals surface area contributed by atoms with Crippen molar-refractivity contribution in [2.75, 3.05) is 17.7 Å². The number of hydrogen-bond donors (Lipinski definition) is 2. The molecule has 1 unspecified atom stereocenters. The fourth-order valence-electron chi connectivity index (χ4n) is 3.28. The minimum absolute atomic E-state index is 0.123. The van der Waals surface area contributed by atoms with Gasteiger partial charge in [-0.05, 0) is 35.4 Å². The first-order valence-corrected chi connectivity index (χ1v) is 9.37. The van der Waals surface area contributed by atoms with E-state index in [-0.39, 0.29) is 11.8 Å². The molecule has 8 nitrogen and oxygen atoms in total. The molecule has 2 amide bonds. The molecule has 8 heteroatoms. The molecule has 0 fully saturated rings. The second kappa shape index (κ2) is 8.20. The maximum atomic E-state index is 12.7. The Labute approximate surface area is 173 Å². The van der Waals surface area contributed by atoms with E-state index in [1.165, 1.54) is 20.2 Å². The van der Waals surface area contributed by atoms with Gasteiger partial charge in [0.2, 0.25) is 17.7 Å². The van der Waals surface area contributed by atoms with E-state index in [0.29, 0.717) is 23.9 Å². The van der Waals surface area contributed by atoms with E-state index in [9.17, 15) is 9.59 Å². The van der Waals surface area contributed by atoms with Crippen LogP contribution in [0.1, 0.15) is 12.5 Å². The lowest BCUT2D eigenvalue weighted by atomic mass is 9.98. The Morgan fingerprint density at radius 1 is 1.03 bits per heavy atom. The molecule has 152 valence electrons. The van der Waals surface area contributed by atoms with Gasteiger partial charge in [0.1, 0.15) is 0 Å². The van der Waals surface area contributed by atoms with Crippen LogP contribution in [0.15, 0.2) is 54.9 Å². The van der Waals surface area contributed by atoms with Gasteiger partial charge in [-0.1, -0.05) is 12.1 Å². The monoisotopic (exact) mass is 404 g/mol. The van der Waals surface area contributed by atoms with Gasteiger partial charge in [-0.25, -0.2) is 9.97 Å². The maximum Gasteiger partial charge on any atom is 0.265 e. The second-order valence-corrected chi connectivity index (χ2v) is 6.79. The van der Waals surface area contributed by atoms with Crippen LogP contribution in [0, 0.1) is 0 Å². The molecule has 30 heavy (non-hydrogen) atoms. The number of nitrogens with zero attached hydrogens (tertiary/aromatic N) is 2.